The third-order valence-corrected chi connectivity index (χ3v) is 6.05. The van der Waals surface area contributed by atoms with Crippen LogP contribution < -0.4 is 15.2 Å². The number of ether oxygens (including phenoxy) is 1. The molecule has 14 heteroatoms. The van der Waals surface area contributed by atoms with Crippen molar-refractivity contribution in [2.45, 2.75) is 17.0 Å². The van der Waals surface area contributed by atoms with Crippen molar-refractivity contribution in [1.29, 1.82) is 0 Å². The highest BCUT2D eigenvalue weighted by Crippen LogP contribution is 2.22. The highest BCUT2D eigenvalue weighted by molar-refractivity contribution is 7.99. The van der Waals surface area contributed by atoms with E-state index in [1.807, 2.05) is 0 Å². The summed E-state index contributed by atoms with van der Waals surface area (Å²) in [4.78, 5) is 40.2. The van der Waals surface area contributed by atoms with Gasteiger partial charge in [0.15, 0.2) is 0 Å². The average molecular weight is 422 g/mol. The lowest BCUT2D eigenvalue weighted by atomic mass is 10.5. The van der Waals surface area contributed by atoms with E-state index >= 15 is 0 Å². The lowest BCUT2D eigenvalue weighted by molar-refractivity contribution is 0.0602. The smallest absolute Gasteiger partial charge is 0.388 e. The number of nitrogens with one attached hydrogen (secondary N) is 1. The van der Waals surface area contributed by atoms with Crippen molar-refractivity contribution in [3.63, 3.8) is 0 Å². The summed E-state index contributed by atoms with van der Waals surface area (Å²) >= 11 is 1.96. The van der Waals surface area contributed by atoms with Crippen LogP contribution in [0.2, 0.25) is 0 Å². The van der Waals surface area contributed by atoms with Gasteiger partial charge in [-0.05, 0) is 17.2 Å². The van der Waals surface area contributed by atoms with Gasteiger partial charge >= 0.3 is 17.7 Å². The fraction of sp³-hybridized carbons (Fsp3) is 0.333. The Morgan fingerprint density at radius 3 is 2.65 bits per heavy atom. The minimum absolute atomic E-state index is 0.0818. The monoisotopic (exact) mass is 422 g/mol. The molecule has 11 nitrogen and oxygen atoms in total. The van der Waals surface area contributed by atoms with Crippen LogP contribution in [-0.4, -0.2) is 54.9 Å². The SMILES string of the molecule is CCSc1nn(C(=O)NS(=O)(=O)c2ccsc2C(=O)OC)c(=O)n1OC. The van der Waals surface area contributed by atoms with Crippen molar-refractivity contribution >= 4 is 45.1 Å². The molecule has 0 spiro atoms. The first kappa shape index (κ1) is 20.0. The second-order valence-electron chi connectivity index (χ2n) is 4.40. The fourth-order valence-corrected chi connectivity index (χ4v) is 4.74. The van der Waals surface area contributed by atoms with E-state index < -0.39 is 32.6 Å². The first-order valence-electron chi connectivity index (χ1n) is 6.89. The molecular formula is C12H14N4O7S3. The Bertz CT molecular complexity index is 989. The van der Waals surface area contributed by atoms with Crippen LogP contribution in [0.1, 0.15) is 16.6 Å². The molecule has 0 radical (unpaired) electrons. The molecule has 2 aromatic heterocycles. The molecule has 0 fully saturated rings. The molecule has 2 rings (SSSR count). The van der Waals surface area contributed by atoms with Crippen LogP contribution in [0.3, 0.4) is 0 Å². The van der Waals surface area contributed by atoms with Gasteiger partial charge < -0.3 is 9.57 Å². The Kier molecular flexibility index (Phi) is 6.09. The second-order valence-corrected chi connectivity index (χ2v) is 8.20. The van der Waals surface area contributed by atoms with Crippen molar-refractivity contribution in [3.8, 4) is 0 Å². The molecular weight excluding hydrogens is 408 g/mol. The van der Waals surface area contributed by atoms with Crippen molar-refractivity contribution in [2.24, 2.45) is 0 Å². The molecule has 0 unspecified atom stereocenters. The lowest BCUT2D eigenvalue weighted by Gasteiger charge is -2.06. The van der Waals surface area contributed by atoms with Crippen molar-refractivity contribution in [3.05, 3.63) is 26.8 Å². The summed E-state index contributed by atoms with van der Waals surface area (Å²) in [6.45, 7) is 1.80. The first-order chi connectivity index (χ1) is 12.3. The zero-order chi connectivity index (χ0) is 19.5. The summed E-state index contributed by atoms with van der Waals surface area (Å²) in [5.41, 5.74) is -0.977. The average Bonchev–Trinajstić information content (AvgIpc) is 3.19. The quantitative estimate of drug-likeness (QED) is 0.504. The molecule has 0 saturated heterocycles. The maximum Gasteiger partial charge on any atom is 0.388 e. The molecule has 1 N–H and O–H groups in total. The van der Waals surface area contributed by atoms with Crippen LogP contribution >= 0.6 is 23.1 Å². The number of carbonyl (C=O) groups is 2. The van der Waals surface area contributed by atoms with Crippen molar-refractivity contribution in [1.82, 2.24) is 19.2 Å². The van der Waals surface area contributed by atoms with Crippen LogP contribution in [0.4, 0.5) is 4.79 Å². The lowest BCUT2D eigenvalue weighted by Crippen LogP contribution is -2.41. The van der Waals surface area contributed by atoms with Crippen LogP contribution in [-0.2, 0) is 14.8 Å². The van der Waals surface area contributed by atoms with E-state index in [-0.39, 0.29) is 10.0 Å². The van der Waals surface area contributed by atoms with E-state index in [9.17, 15) is 22.8 Å². The van der Waals surface area contributed by atoms with Gasteiger partial charge in [-0.15, -0.1) is 25.8 Å². The number of methoxy groups -OCH3 is 1. The van der Waals surface area contributed by atoms with Gasteiger partial charge in [-0.25, -0.2) is 27.5 Å². The summed E-state index contributed by atoms with van der Waals surface area (Å²) in [6, 6.07) is -0.174. The zero-order valence-corrected chi connectivity index (χ0v) is 16.2. The van der Waals surface area contributed by atoms with Gasteiger partial charge in [0.1, 0.15) is 16.9 Å². The summed E-state index contributed by atoms with van der Waals surface area (Å²) in [5, 5.41) is 5.19. The minimum Gasteiger partial charge on any atom is -0.465 e. The van der Waals surface area contributed by atoms with Crippen molar-refractivity contribution < 1.29 is 27.6 Å². The number of amides is 1. The summed E-state index contributed by atoms with van der Waals surface area (Å²) < 4.78 is 32.1. The Hall–Kier alpha value is -2.32. The van der Waals surface area contributed by atoms with Gasteiger partial charge in [0, 0.05) is 0 Å². The van der Waals surface area contributed by atoms with Gasteiger partial charge in [-0.3, -0.25) is 0 Å². The number of nitrogens with zero attached hydrogens (tertiary/aromatic N) is 3. The number of aromatic nitrogens is 3. The fourth-order valence-electron chi connectivity index (χ4n) is 1.81. The number of hydrogen-bond donors (Lipinski definition) is 1. The zero-order valence-electron chi connectivity index (χ0n) is 13.8. The molecule has 0 saturated carbocycles. The van der Waals surface area contributed by atoms with Crippen LogP contribution in [0.5, 0.6) is 0 Å². The molecule has 0 aliphatic carbocycles. The minimum atomic E-state index is -4.44. The van der Waals surface area contributed by atoms with E-state index in [4.69, 9.17) is 4.84 Å². The largest absolute Gasteiger partial charge is 0.465 e. The predicted octanol–water partition coefficient (Wildman–Crippen LogP) is 0.00990. The second kappa shape index (κ2) is 7.92. The topological polar surface area (TPSA) is 139 Å². The van der Waals surface area contributed by atoms with Gasteiger partial charge in [-0.2, -0.15) is 0 Å². The first-order valence-corrected chi connectivity index (χ1v) is 10.2. The van der Waals surface area contributed by atoms with Gasteiger partial charge in [-0.1, -0.05) is 18.7 Å². The molecule has 1 amide bonds. The number of carbonyl (C=O) groups excluding carboxylic acids is 2. The van der Waals surface area contributed by atoms with Gasteiger partial charge in [0.2, 0.25) is 5.16 Å². The van der Waals surface area contributed by atoms with Crippen LogP contribution in [0.15, 0.2) is 26.3 Å². The van der Waals surface area contributed by atoms with E-state index in [1.54, 1.807) is 11.6 Å². The Balaban J connectivity index is 2.37. The van der Waals surface area contributed by atoms with E-state index in [0.29, 0.717) is 10.4 Å². The molecule has 26 heavy (non-hydrogen) atoms. The number of thioether (sulfide) groups is 1. The number of sulfonamides is 1. The van der Waals surface area contributed by atoms with E-state index in [0.717, 1.165) is 41.0 Å². The van der Waals surface area contributed by atoms with Crippen LogP contribution in [0.25, 0.3) is 0 Å². The van der Waals surface area contributed by atoms with Crippen LogP contribution in [0, 0.1) is 0 Å². The maximum atomic E-state index is 12.4. The standard InChI is InChI=1S/C12H14N4O7S3/c1-4-24-11-13-15(12(19)16(11)23-3)10(18)14-26(20,21)7-5-6-25-8(7)9(17)22-2/h5-6H,4H2,1-3H3,(H,14,18). The number of hydrogen-bond acceptors (Lipinski definition) is 10. The molecule has 0 aliphatic rings. The van der Waals surface area contributed by atoms with Gasteiger partial charge in [0.05, 0.1) is 7.11 Å². The maximum absolute atomic E-state index is 12.4. The number of thiophene rings is 1. The highest BCUT2D eigenvalue weighted by atomic mass is 32.2. The summed E-state index contributed by atoms with van der Waals surface area (Å²) in [7, 11) is -2.13. The van der Waals surface area contributed by atoms with Crippen molar-refractivity contribution in [2.75, 3.05) is 20.0 Å². The molecule has 0 bridgehead atoms. The Labute approximate surface area is 155 Å². The molecule has 0 atom stereocenters. The normalized spacial score (nSPS) is 11.2. The molecule has 142 valence electrons. The number of rotatable bonds is 6. The molecule has 0 aliphatic heterocycles. The third kappa shape index (κ3) is 3.76. The summed E-state index contributed by atoms with van der Waals surface area (Å²) in [6.07, 6.45) is 0. The Morgan fingerprint density at radius 2 is 2.08 bits per heavy atom. The Morgan fingerprint density at radius 1 is 1.38 bits per heavy atom. The predicted molar refractivity (Wildman–Crippen MR) is 92.2 cm³/mol. The molecule has 2 aromatic rings. The van der Waals surface area contributed by atoms with E-state index in [1.165, 1.54) is 12.5 Å². The summed E-state index contributed by atoms with van der Waals surface area (Å²) in [5.74, 6) is -0.327. The highest BCUT2D eigenvalue weighted by Gasteiger charge is 2.29. The number of esters is 1. The molecule has 0 aromatic carbocycles. The molecule has 2 heterocycles. The van der Waals surface area contributed by atoms with E-state index in [2.05, 4.69) is 9.84 Å². The van der Waals surface area contributed by atoms with Gasteiger partial charge in [0.25, 0.3) is 10.0 Å². The third-order valence-electron chi connectivity index (χ3n) is 2.87.